The Labute approximate surface area is 171 Å². The second-order valence-electron chi connectivity index (χ2n) is 7.02. The van der Waals surface area contributed by atoms with E-state index in [9.17, 15) is 13.2 Å². The summed E-state index contributed by atoms with van der Waals surface area (Å²) < 4.78 is 24.7. The number of carbonyl (C=O) groups is 1. The SMILES string of the molecule is CN(C(=O)Nc1ccc(-c2cccc(Cl)c2)cc1)C1CCN(S(C)(=O)=O)CC1. The molecule has 6 nitrogen and oxygen atoms in total. The summed E-state index contributed by atoms with van der Waals surface area (Å²) in [5, 5.41) is 3.58. The highest BCUT2D eigenvalue weighted by atomic mass is 35.5. The molecule has 28 heavy (non-hydrogen) atoms. The number of piperidine rings is 1. The van der Waals surface area contributed by atoms with Gasteiger partial charge in [-0.05, 0) is 48.2 Å². The van der Waals surface area contributed by atoms with E-state index in [1.165, 1.54) is 10.6 Å². The van der Waals surface area contributed by atoms with Crippen LogP contribution in [0, 0.1) is 0 Å². The molecule has 2 aromatic carbocycles. The summed E-state index contributed by atoms with van der Waals surface area (Å²) in [5.41, 5.74) is 2.73. The van der Waals surface area contributed by atoms with Crippen LogP contribution in [0.25, 0.3) is 11.1 Å². The molecule has 0 bridgehead atoms. The summed E-state index contributed by atoms with van der Waals surface area (Å²) in [7, 11) is -1.42. The third-order valence-electron chi connectivity index (χ3n) is 5.05. The lowest BCUT2D eigenvalue weighted by Crippen LogP contribution is -2.48. The van der Waals surface area contributed by atoms with Gasteiger partial charge in [0.2, 0.25) is 10.0 Å². The predicted octanol–water partition coefficient (Wildman–Crippen LogP) is 3.89. The Morgan fingerprint density at radius 3 is 2.32 bits per heavy atom. The molecule has 1 fully saturated rings. The standard InChI is InChI=1S/C20H24ClN3O3S/c1-23(19-10-12-24(13-11-19)28(2,26)27)20(25)22-18-8-6-15(7-9-18)16-4-3-5-17(21)14-16/h3-9,14,19H,10-13H2,1-2H3,(H,22,25). The molecular weight excluding hydrogens is 398 g/mol. The van der Waals surface area contributed by atoms with Crippen LogP contribution >= 0.6 is 11.6 Å². The molecule has 2 amide bonds. The second-order valence-corrected chi connectivity index (χ2v) is 9.44. The first-order valence-electron chi connectivity index (χ1n) is 9.09. The normalized spacial score (nSPS) is 16.0. The molecule has 0 spiro atoms. The van der Waals surface area contributed by atoms with Gasteiger partial charge in [-0.1, -0.05) is 35.9 Å². The number of hydrogen-bond acceptors (Lipinski definition) is 3. The van der Waals surface area contributed by atoms with Crippen LogP contribution in [-0.2, 0) is 10.0 Å². The van der Waals surface area contributed by atoms with Gasteiger partial charge in [-0.2, -0.15) is 0 Å². The lowest BCUT2D eigenvalue weighted by molar-refractivity contribution is 0.174. The third-order valence-corrected chi connectivity index (χ3v) is 6.59. The van der Waals surface area contributed by atoms with Crippen LogP contribution in [0.5, 0.6) is 0 Å². The highest BCUT2D eigenvalue weighted by Crippen LogP contribution is 2.24. The van der Waals surface area contributed by atoms with Crippen molar-refractivity contribution in [3.8, 4) is 11.1 Å². The highest BCUT2D eigenvalue weighted by Gasteiger charge is 2.29. The summed E-state index contributed by atoms with van der Waals surface area (Å²) >= 11 is 6.04. The van der Waals surface area contributed by atoms with Crippen molar-refractivity contribution >= 4 is 33.3 Å². The molecule has 8 heteroatoms. The van der Waals surface area contributed by atoms with Gasteiger partial charge in [0.25, 0.3) is 0 Å². The van der Waals surface area contributed by atoms with Crippen molar-refractivity contribution in [3.63, 3.8) is 0 Å². The molecule has 0 atom stereocenters. The van der Waals surface area contributed by atoms with Crippen LogP contribution in [0.1, 0.15) is 12.8 Å². The van der Waals surface area contributed by atoms with E-state index in [2.05, 4.69) is 5.32 Å². The van der Waals surface area contributed by atoms with Crippen molar-refractivity contribution in [2.45, 2.75) is 18.9 Å². The molecule has 0 aromatic heterocycles. The quantitative estimate of drug-likeness (QED) is 0.814. The Kier molecular flexibility index (Phi) is 6.27. The maximum Gasteiger partial charge on any atom is 0.321 e. The Bertz CT molecular complexity index is 939. The van der Waals surface area contributed by atoms with Gasteiger partial charge in [-0.15, -0.1) is 0 Å². The first-order chi connectivity index (χ1) is 13.2. The fourth-order valence-electron chi connectivity index (χ4n) is 3.35. The zero-order chi connectivity index (χ0) is 20.3. The maximum atomic E-state index is 12.6. The van der Waals surface area contributed by atoms with E-state index in [0.717, 1.165) is 11.1 Å². The zero-order valence-electron chi connectivity index (χ0n) is 15.9. The smallest absolute Gasteiger partial charge is 0.321 e. The lowest BCUT2D eigenvalue weighted by atomic mass is 10.1. The van der Waals surface area contributed by atoms with E-state index < -0.39 is 10.0 Å². The molecule has 2 aromatic rings. The van der Waals surface area contributed by atoms with E-state index >= 15 is 0 Å². The highest BCUT2D eigenvalue weighted by molar-refractivity contribution is 7.88. The number of nitrogens with zero attached hydrogens (tertiary/aromatic N) is 2. The van der Waals surface area contributed by atoms with Crippen LogP contribution in [0.2, 0.25) is 5.02 Å². The number of rotatable bonds is 4. The van der Waals surface area contributed by atoms with Crippen molar-refractivity contribution in [2.24, 2.45) is 0 Å². The number of amides is 2. The summed E-state index contributed by atoms with van der Waals surface area (Å²) in [6, 6.07) is 15.0. The predicted molar refractivity (Wildman–Crippen MR) is 113 cm³/mol. The number of halogens is 1. The Morgan fingerprint density at radius 2 is 1.75 bits per heavy atom. The number of hydrogen-bond donors (Lipinski definition) is 1. The molecule has 0 unspecified atom stereocenters. The maximum absolute atomic E-state index is 12.6. The van der Waals surface area contributed by atoms with Crippen LogP contribution in [0.3, 0.4) is 0 Å². The van der Waals surface area contributed by atoms with Crippen molar-refractivity contribution in [2.75, 3.05) is 31.7 Å². The molecule has 1 saturated heterocycles. The zero-order valence-corrected chi connectivity index (χ0v) is 17.5. The van der Waals surface area contributed by atoms with Gasteiger partial charge >= 0.3 is 6.03 Å². The number of carbonyl (C=O) groups excluding carboxylic acids is 1. The average Bonchev–Trinajstić information content (AvgIpc) is 2.67. The molecule has 1 aliphatic rings. The monoisotopic (exact) mass is 421 g/mol. The largest absolute Gasteiger partial charge is 0.325 e. The fraction of sp³-hybridized carbons (Fsp3) is 0.350. The van der Waals surface area contributed by atoms with Crippen molar-refractivity contribution in [1.29, 1.82) is 0 Å². The minimum absolute atomic E-state index is 0.0173. The number of anilines is 1. The van der Waals surface area contributed by atoms with Crippen LogP contribution in [0.15, 0.2) is 48.5 Å². The molecular formula is C20H24ClN3O3S. The fourth-order valence-corrected chi connectivity index (χ4v) is 4.42. The molecule has 0 aliphatic carbocycles. The van der Waals surface area contributed by atoms with E-state index in [4.69, 9.17) is 11.6 Å². The van der Waals surface area contributed by atoms with E-state index in [0.29, 0.717) is 36.6 Å². The molecule has 0 saturated carbocycles. The van der Waals surface area contributed by atoms with Crippen LogP contribution in [-0.4, -0.2) is 56.1 Å². The Morgan fingerprint density at radius 1 is 1.11 bits per heavy atom. The first-order valence-corrected chi connectivity index (χ1v) is 11.3. The van der Waals surface area contributed by atoms with Gasteiger partial charge in [0.15, 0.2) is 0 Å². The van der Waals surface area contributed by atoms with Gasteiger partial charge in [-0.25, -0.2) is 17.5 Å². The molecule has 1 aliphatic heterocycles. The summed E-state index contributed by atoms with van der Waals surface area (Å²) in [6.45, 7) is 0.880. The Balaban J connectivity index is 1.58. The van der Waals surface area contributed by atoms with Gasteiger partial charge in [0.05, 0.1) is 6.26 Å². The summed E-state index contributed by atoms with van der Waals surface area (Å²) in [5.74, 6) is 0. The summed E-state index contributed by atoms with van der Waals surface area (Å²) in [4.78, 5) is 14.2. The Hall–Kier alpha value is -2.09. The average molecular weight is 422 g/mol. The molecule has 1 heterocycles. The number of nitrogens with one attached hydrogen (secondary N) is 1. The van der Waals surface area contributed by atoms with Crippen molar-refractivity contribution in [3.05, 3.63) is 53.6 Å². The number of benzene rings is 2. The van der Waals surface area contributed by atoms with Crippen molar-refractivity contribution in [1.82, 2.24) is 9.21 Å². The molecule has 1 N–H and O–H groups in total. The van der Waals surface area contributed by atoms with E-state index in [1.807, 2.05) is 48.5 Å². The second kappa shape index (κ2) is 8.51. The van der Waals surface area contributed by atoms with Crippen LogP contribution in [0.4, 0.5) is 10.5 Å². The molecule has 150 valence electrons. The third kappa shape index (κ3) is 5.04. The van der Waals surface area contributed by atoms with Gasteiger partial charge in [-0.3, -0.25) is 0 Å². The van der Waals surface area contributed by atoms with E-state index in [-0.39, 0.29) is 12.1 Å². The molecule has 3 rings (SSSR count). The minimum atomic E-state index is -3.17. The number of sulfonamides is 1. The van der Waals surface area contributed by atoms with Gasteiger partial charge < -0.3 is 10.2 Å². The van der Waals surface area contributed by atoms with Gasteiger partial charge in [0.1, 0.15) is 0 Å². The number of urea groups is 1. The summed E-state index contributed by atoms with van der Waals surface area (Å²) in [6.07, 6.45) is 2.48. The van der Waals surface area contributed by atoms with E-state index in [1.54, 1.807) is 11.9 Å². The minimum Gasteiger partial charge on any atom is -0.325 e. The van der Waals surface area contributed by atoms with Crippen LogP contribution < -0.4 is 5.32 Å². The van der Waals surface area contributed by atoms with Gasteiger partial charge in [0, 0.05) is 36.9 Å². The first kappa shape index (κ1) is 20.6. The molecule has 0 radical (unpaired) electrons. The lowest BCUT2D eigenvalue weighted by Gasteiger charge is -2.35. The van der Waals surface area contributed by atoms with Crippen molar-refractivity contribution < 1.29 is 13.2 Å². The topological polar surface area (TPSA) is 69.7 Å².